The summed E-state index contributed by atoms with van der Waals surface area (Å²) < 4.78 is 14.2. The van der Waals surface area contributed by atoms with Gasteiger partial charge in [0.05, 0.1) is 5.69 Å². The summed E-state index contributed by atoms with van der Waals surface area (Å²) in [7, 11) is 0. The van der Waals surface area contributed by atoms with Gasteiger partial charge in [0.2, 0.25) is 0 Å². The Hall–Kier alpha value is -1.50. The van der Waals surface area contributed by atoms with Gasteiger partial charge in [-0.15, -0.1) is 0 Å². The van der Waals surface area contributed by atoms with Gasteiger partial charge in [0.1, 0.15) is 11.6 Å². The lowest BCUT2D eigenvalue weighted by molar-refractivity contribution is 0.112. The molecule has 2 aromatic rings. The lowest BCUT2D eigenvalue weighted by Gasteiger charge is -2.10. The van der Waals surface area contributed by atoms with Gasteiger partial charge in [0, 0.05) is 15.3 Å². The fourth-order valence-corrected chi connectivity index (χ4v) is 2.14. The molecular formula is C13H10FIN2O. The van der Waals surface area contributed by atoms with Crippen molar-refractivity contribution in [2.45, 2.75) is 6.92 Å². The highest BCUT2D eigenvalue weighted by Crippen LogP contribution is 2.22. The van der Waals surface area contributed by atoms with Gasteiger partial charge in [-0.2, -0.15) is 0 Å². The number of halogens is 2. The van der Waals surface area contributed by atoms with Gasteiger partial charge >= 0.3 is 0 Å². The van der Waals surface area contributed by atoms with Crippen LogP contribution in [0.1, 0.15) is 15.9 Å². The Morgan fingerprint density at radius 2 is 2.17 bits per heavy atom. The number of nitrogens with zero attached hydrogens (tertiary/aromatic N) is 1. The van der Waals surface area contributed by atoms with Gasteiger partial charge in [-0.3, -0.25) is 4.79 Å². The van der Waals surface area contributed by atoms with Gasteiger partial charge in [-0.1, -0.05) is 0 Å². The molecule has 0 fully saturated rings. The highest BCUT2D eigenvalue weighted by molar-refractivity contribution is 14.1. The summed E-state index contributed by atoms with van der Waals surface area (Å²) in [6.07, 6.45) is 2.39. The van der Waals surface area contributed by atoms with Crippen molar-refractivity contribution in [2.24, 2.45) is 0 Å². The second-order valence-electron chi connectivity index (χ2n) is 3.79. The lowest BCUT2D eigenvalue weighted by atomic mass is 10.2. The van der Waals surface area contributed by atoms with E-state index in [9.17, 15) is 9.18 Å². The number of hydrogen-bond donors (Lipinski definition) is 1. The molecule has 18 heavy (non-hydrogen) atoms. The van der Waals surface area contributed by atoms with E-state index in [1.807, 2.05) is 13.0 Å². The predicted molar refractivity (Wildman–Crippen MR) is 76.8 cm³/mol. The third-order valence-corrected chi connectivity index (χ3v) is 3.03. The number of anilines is 2. The van der Waals surface area contributed by atoms with Crippen LogP contribution in [0.15, 0.2) is 30.5 Å². The molecular weight excluding hydrogens is 346 g/mol. The minimum absolute atomic E-state index is 0.397. The number of nitrogens with one attached hydrogen (secondary N) is 1. The van der Waals surface area contributed by atoms with Crippen LogP contribution in [-0.4, -0.2) is 11.3 Å². The first-order chi connectivity index (χ1) is 8.60. The highest BCUT2D eigenvalue weighted by atomic mass is 127. The molecule has 92 valence electrons. The van der Waals surface area contributed by atoms with Crippen LogP contribution in [0.3, 0.4) is 0 Å². The Morgan fingerprint density at radius 3 is 2.83 bits per heavy atom. The number of carbonyl (C=O) groups is 1. The first-order valence-electron chi connectivity index (χ1n) is 5.24. The molecule has 0 saturated heterocycles. The summed E-state index contributed by atoms with van der Waals surface area (Å²) in [6.45, 7) is 1.90. The van der Waals surface area contributed by atoms with Crippen LogP contribution in [0.5, 0.6) is 0 Å². The quantitative estimate of drug-likeness (QED) is 0.674. The van der Waals surface area contributed by atoms with Crippen molar-refractivity contribution in [3.63, 3.8) is 0 Å². The monoisotopic (exact) mass is 356 g/mol. The zero-order valence-electron chi connectivity index (χ0n) is 9.58. The highest BCUT2D eigenvalue weighted by Gasteiger charge is 2.06. The Kier molecular flexibility index (Phi) is 3.90. The van der Waals surface area contributed by atoms with Crippen molar-refractivity contribution in [1.82, 2.24) is 4.98 Å². The molecule has 0 bridgehead atoms. The van der Waals surface area contributed by atoms with Crippen molar-refractivity contribution in [3.8, 4) is 0 Å². The van der Waals surface area contributed by atoms with E-state index >= 15 is 0 Å². The van der Waals surface area contributed by atoms with E-state index in [0.717, 1.165) is 9.13 Å². The number of pyridine rings is 1. The van der Waals surface area contributed by atoms with Crippen LogP contribution in [0.4, 0.5) is 15.9 Å². The maximum atomic E-state index is 13.2. The number of rotatable bonds is 3. The lowest BCUT2D eigenvalue weighted by Crippen LogP contribution is -2.00. The second-order valence-corrected chi connectivity index (χ2v) is 5.04. The Labute approximate surface area is 118 Å². The van der Waals surface area contributed by atoms with E-state index in [0.29, 0.717) is 23.4 Å². The molecule has 1 aromatic carbocycles. The Morgan fingerprint density at radius 1 is 1.39 bits per heavy atom. The predicted octanol–water partition coefficient (Wildman–Crippen LogP) is 3.69. The van der Waals surface area contributed by atoms with Crippen LogP contribution in [-0.2, 0) is 0 Å². The van der Waals surface area contributed by atoms with E-state index in [4.69, 9.17) is 0 Å². The van der Waals surface area contributed by atoms with Crippen molar-refractivity contribution < 1.29 is 9.18 Å². The molecule has 1 N–H and O–H groups in total. The van der Waals surface area contributed by atoms with Gasteiger partial charge in [-0.25, -0.2) is 9.37 Å². The summed E-state index contributed by atoms with van der Waals surface area (Å²) in [5.41, 5.74) is 1.75. The van der Waals surface area contributed by atoms with E-state index in [2.05, 4.69) is 32.9 Å². The maximum absolute atomic E-state index is 13.2. The molecule has 0 aliphatic carbocycles. The smallest absolute Gasteiger partial charge is 0.152 e. The van der Waals surface area contributed by atoms with E-state index < -0.39 is 5.82 Å². The summed E-state index contributed by atoms with van der Waals surface area (Å²) in [5.74, 6) is 0.218. The minimum Gasteiger partial charge on any atom is -0.339 e. The second kappa shape index (κ2) is 5.43. The van der Waals surface area contributed by atoms with Crippen LogP contribution in [0.2, 0.25) is 0 Å². The standard InChI is InChI=1S/C13H10FIN2O/c1-8-4-11(15)6-16-13(8)17-12-5-10(14)3-2-9(12)7-18/h2-7H,1H3,(H,16,17). The molecule has 1 aromatic heterocycles. The number of hydrogen-bond acceptors (Lipinski definition) is 3. The molecule has 2 rings (SSSR count). The third kappa shape index (κ3) is 2.84. The van der Waals surface area contributed by atoms with Gasteiger partial charge in [0.15, 0.2) is 6.29 Å². The molecule has 0 atom stereocenters. The number of benzene rings is 1. The third-order valence-electron chi connectivity index (χ3n) is 2.44. The zero-order valence-corrected chi connectivity index (χ0v) is 11.7. The van der Waals surface area contributed by atoms with Gasteiger partial charge < -0.3 is 5.32 Å². The van der Waals surface area contributed by atoms with Gasteiger partial charge in [-0.05, 0) is 59.3 Å². The number of aromatic nitrogens is 1. The van der Waals surface area contributed by atoms with E-state index in [1.54, 1.807) is 6.20 Å². The summed E-state index contributed by atoms with van der Waals surface area (Å²) in [5, 5.41) is 2.97. The van der Waals surface area contributed by atoms with E-state index in [1.165, 1.54) is 18.2 Å². The molecule has 0 amide bonds. The average Bonchev–Trinajstić information content (AvgIpc) is 2.33. The van der Waals surface area contributed by atoms with Crippen molar-refractivity contribution in [1.29, 1.82) is 0 Å². The van der Waals surface area contributed by atoms with Crippen molar-refractivity contribution in [3.05, 3.63) is 51.0 Å². The fraction of sp³-hybridized carbons (Fsp3) is 0.0769. The first kappa shape index (κ1) is 12.9. The Bertz CT molecular complexity index is 602. The summed E-state index contributed by atoms with van der Waals surface area (Å²) >= 11 is 2.17. The van der Waals surface area contributed by atoms with Crippen LogP contribution in [0.25, 0.3) is 0 Å². The molecule has 0 aliphatic heterocycles. The normalized spacial score (nSPS) is 10.2. The molecule has 0 radical (unpaired) electrons. The largest absolute Gasteiger partial charge is 0.339 e. The molecule has 0 spiro atoms. The van der Waals surface area contributed by atoms with Crippen LogP contribution < -0.4 is 5.32 Å². The van der Waals surface area contributed by atoms with E-state index in [-0.39, 0.29) is 0 Å². The van der Waals surface area contributed by atoms with Gasteiger partial charge in [0.25, 0.3) is 0 Å². The SMILES string of the molecule is Cc1cc(I)cnc1Nc1cc(F)ccc1C=O. The molecule has 0 aliphatic rings. The van der Waals surface area contributed by atoms with Crippen LogP contribution >= 0.6 is 22.6 Å². The molecule has 3 nitrogen and oxygen atoms in total. The average molecular weight is 356 g/mol. The van der Waals surface area contributed by atoms with Crippen molar-refractivity contribution >= 4 is 40.4 Å². The number of carbonyl (C=O) groups excluding carboxylic acids is 1. The maximum Gasteiger partial charge on any atom is 0.152 e. The first-order valence-corrected chi connectivity index (χ1v) is 6.32. The fourth-order valence-electron chi connectivity index (χ4n) is 1.54. The zero-order chi connectivity index (χ0) is 13.1. The molecule has 0 saturated carbocycles. The summed E-state index contributed by atoms with van der Waals surface area (Å²) in [6, 6.07) is 5.93. The Balaban J connectivity index is 2.39. The topological polar surface area (TPSA) is 42.0 Å². The number of aldehydes is 1. The van der Waals surface area contributed by atoms with Crippen molar-refractivity contribution in [2.75, 3.05) is 5.32 Å². The minimum atomic E-state index is -0.397. The molecule has 5 heteroatoms. The summed E-state index contributed by atoms with van der Waals surface area (Å²) in [4.78, 5) is 15.1. The molecule has 1 heterocycles. The molecule has 0 unspecified atom stereocenters. The number of aryl methyl sites for hydroxylation is 1. The van der Waals surface area contributed by atoms with Crippen LogP contribution in [0, 0.1) is 16.3 Å².